The van der Waals surface area contributed by atoms with E-state index in [0.29, 0.717) is 5.69 Å². The van der Waals surface area contributed by atoms with Crippen molar-refractivity contribution in [1.82, 2.24) is 9.88 Å². The Labute approximate surface area is 197 Å². The molecule has 0 bridgehead atoms. The molecule has 9 heteroatoms. The van der Waals surface area contributed by atoms with E-state index in [0.717, 1.165) is 38.2 Å². The van der Waals surface area contributed by atoms with Crippen molar-refractivity contribution in [2.75, 3.05) is 25.0 Å². The first-order chi connectivity index (χ1) is 16.2. The molecule has 1 aromatic heterocycles. The lowest BCUT2D eigenvalue weighted by molar-refractivity contribution is 0.326. The lowest BCUT2D eigenvalue weighted by atomic mass is 10.1. The van der Waals surface area contributed by atoms with E-state index >= 15 is 8.78 Å². The van der Waals surface area contributed by atoms with Crippen LogP contribution in [0.5, 0.6) is 0 Å². The molecule has 0 spiro atoms. The van der Waals surface area contributed by atoms with E-state index < -0.39 is 38.1 Å². The Hall–Kier alpha value is -2.91. The van der Waals surface area contributed by atoms with Gasteiger partial charge in [0.05, 0.1) is 11.4 Å². The van der Waals surface area contributed by atoms with Crippen molar-refractivity contribution in [2.45, 2.75) is 36.6 Å². The van der Waals surface area contributed by atoms with Gasteiger partial charge in [0.25, 0.3) is 0 Å². The second-order valence-electron chi connectivity index (χ2n) is 8.63. The SMILES string of the molecule is Cc1c(N(C)[C@H]2CCN(Cc3ccccc3)C2)cc(F)c(S(=O)(=O)Cc2cccc(F)n2)c1F. The number of benzene rings is 2. The third kappa shape index (κ3) is 5.10. The molecule has 3 aromatic rings. The maximum atomic E-state index is 15.3. The van der Waals surface area contributed by atoms with Crippen LogP contribution in [0, 0.1) is 24.5 Å². The van der Waals surface area contributed by atoms with Gasteiger partial charge in [-0.25, -0.2) is 22.2 Å². The lowest BCUT2D eigenvalue weighted by Crippen LogP contribution is -2.35. The summed E-state index contributed by atoms with van der Waals surface area (Å²) in [6.07, 6.45) is 0.817. The fourth-order valence-corrected chi connectivity index (χ4v) is 5.92. The Morgan fingerprint density at radius 2 is 1.82 bits per heavy atom. The Balaban J connectivity index is 1.55. The minimum atomic E-state index is -4.42. The van der Waals surface area contributed by atoms with Crippen LogP contribution in [0.4, 0.5) is 18.9 Å². The van der Waals surface area contributed by atoms with Gasteiger partial charge in [-0.05, 0) is 37.1 Å². The Morgan fingerprint density at radius 3 is 2.53 bits per heavy atom. The molecule has 1 aliphatic heterocycles. The minimum absolute atomic E-state index is 0.0279. The molecule has 0 radical (unpaired) electrons. The van der Waals surface area contributed by atoms with Crippen LogP contribution in [-0.2, 0) is 22.1 Å². The van der Waals surface area contributed by atoms with Crippen molar-refractivity contribution < 1.29 is 21.6 Å². The second kappa shape index (κ2) is 9.76. The van der Waals surface area contributed by atoms with E-state index in [4.69, 9.17) is 0 Å². The largest absolute Gasteiger partial charge is 0.370 e. The van der Waals surface area contributed by atoms with Gasteiger partial charge >= 0.3 is 0 Å². The molecule has 0 saturated carbocycles. The zero-order valence-corrected chi connectivity index (χ0v) is 19.8. The number of likely N-dealkylation sites (tertiary alicyclic amines) is 1. The predicted molar refractivity (Wildman–Crippen MR) is 125 cm³/mol. The summed E-state index contributed by atoms with van der Waals surface area (Å²) in [5.41, 5.74) is 1.43. The van der Waals surface area contributed by atoms with Crippen LogP contribution < -0.4 is 4.90 Å². The number of pyridine rings is 1. The average Bonchev–Trinajstić information content (AvgIpc) is 3.24. The Bertz CT molecular complexity index is 1290. The first-order valence-corrected chi connectivity index (χ1v) is 12.6. The van der Waals surface area contributed by atoms with E-state index in [1.54, 1.807) is 7.05 Å². The second-order valence-corrected chi connectivity index (χ2v) is 10.6. The van der Waals surface area contributed by atoms with Crippen molar-refractivity contribution in [2.24, 2.45) is 0 Å². The Kier molecular flexibility index (Phi) is 6.95. The number of nitrogens with zero attached hydrogens (tertiary/aromatic N) is 3. The topological polar surface area (TPSA) is 53.5 Å². The maximum absolute atomic E-state index is 15.3. The number of hydrogen-bond acceptors (Lipinski definition) is 5. The van der Waals surface area contributed by atoms with E-state index in [-0.39, 0.29) is 17.3 Å². The fraction of sp³-hybridized carbons (Fsp3) is 0.320. The van der Waals surface area contributed by atoms with Crippen LogP contribution in [0.2, 0.25) is 0 Å². The summed E-state index contributed by atoms with van der Waals surface area (Å²) < 4.78 is 69.2. The summed E-state index contributed by atoms with van der Waals surface area (Å²) in [5, 5.41) is 0. The number of anilines is 1. The van der Waals surface area contributed by atoms with Gasteiger partial charge < -0.3 is 4.90 Å². The van der Waals surface area contributed by atoms with Gasteiger partial charge in [-0.1, -0.05) is 36.4 Å². The normalized spacial score (nSPS) is 16.7. The zero-order valence-electron chi connectivity index (χ0n) is 19.0. The van der Waals surface area contributed by atoms with Crippen LogP contribution >= 0.6 is 0 Å². The third-order valence-corrected chi connectivity index (χ3v) is 7.91. The molecule has 180 valence electrons. The number of aromatic nitrogens is 1. The third-order valence-electron chi connectivity index (χ3n) is 6.24. The number of likely N-dealkylation sites (N-methyl/N-ethyl adjacent to an activating group) is 1. The molecule has 5 nitrogen and oxygen atoms in total. The summed E-state index contributed by atoms with van der Waals surface area (Å²) in [6, 6.07) is 14.8. The molecular weight excluding hydrogens is 463 g/mol. The molecule has 2 heterocycles. The van der Waals surface area contributed by atoms with Crippen molar-refractivity contribution in [3.05, 3.63) is 89.0 Å². The molecule has 1 aliphatic rings. The molecule has 1 saturated heterocycles. The summed E-state index contributed by atoms with van der Waals surface area (Å²) in [5.74, 6) is -3.96. The molecule has 0 N–H and O–H groups in total. The smallest absolute Gasteiger partial charge is 0.213 e. The van der Waals surface area contributed by atoms with Crippen molar-refractivity contribution in [3.8, 4) is 0 Å². The molecule has 4 rings (SSSR count). The van der Waals surface area contributed by atoms with Crippen LogP contribution in [0.1, 0.15) is 23.2 Å². The first kappa shape index (κ1) is 24.2. The molecule has 1 atom stereocenters. The fourth-order valence-electron chi connectivity index (χ4n) is 4.44. The molecule has 0 unspecified atom stereocenters. The quantitative estimate of drug-likeness (QED) is 0.458. The van der Waals surface area contributed by atoms with Gasteiger partial charge in [-0.2, -0.15) is 4.39 Å². The average molecular weight is 490 g/mol. The standard InChI is InChI=1S/C25H26F3N3O2S/c1-17-22(30(2)20-11-12-31(15-20)14-18-7-4-3-5-8-18)13-21(26)25(24(17)28)34(32,33)16-19-9-6-10-23(27)29-19/h3-10,13,20H,11-12,14-16H2,1-2H3/t20-/m0/s1. The molecule has 1 fully saturated rings. The summed E-state index contributed by atoms with van der Waals surface area (Å²) >= 11 is 0. The predicted octanol–water partition coefficient (Wildman–Crippen LogP) is 4.49. The van der Waals surface area contributed by atoms with E-state index in [2.05, 4.69) is 22.0 Å². The Morgan fingerprint density at radius 1 is 1.09 bits per heavy atom. The molecule has 0 aliphatic carbocycles. The minimum Gasteiger partial charge on any atom is -0.370 e. The van der Waals surface area contributed by atoms with Crippen molar-refractivity contribution in [3.63, 3.8) is 0 Å². The number of rotatable bonds is 7. The van der Waals surface area contributed by atoms with Crippen LogP contribution in [0.15, 0.2) is 59.5 Å². The number of halogens is 3. The number of sulfone groups is 1. The van der Waals surface area contributed by atoms with Gasteiger partial charge in [0.15, 0.2) is 9.84 Å². The van der Waals surface area contributed by atoms with E-state index in [1.807, 2.05) is 23.1 Å². The molecular formula is C25H26F3N3O2S. The highest BCUT2D eigenvalue weighted by molar-refractivity contribution is 7.90. The number of hydrogen-bond donors (Lipinski definition) is 0. The van der Waals surface area contributed by atoms with Gasteiger partial charge in [-0.3, -0.25) is 4.90 Å². The van der Waals surface area contributed by atoms with Gasteiger partial charge in [-0.15, -0.1) is 0 Å². The first-order valence-electron chi connectivity index (χ1n) is 11.0. The van der Waals surface area contributed by atoms with Crippen LogP contribution in [0.25, 0.3) is 0 Å². The van der Waals surface area contributed by atoms with Crippen LogP contribution in [-0.4, -0.2) is 44.5 Å². The highest BCUT2D eigenvalue weighted by atomic mass is 32.2. The van der Waals surface area contributed by atoms with Crippen molar-refractivity contribution in [1.29, 1.82) is 0 Å². The molecule has 2 aromatic carbocycles. The summed E-state index contributed by atoms with van der Waals surface area (Å²) in [7, 11) is -2.66. The van der Waals surface area contributed by atoms with Gasteiger partial charge in [0.1, 0.15) is 16.5 Å². The summed E-state index contributed by atoms with van der Waals surface area (Å²) in [6.45, 7) is 3.80. The molecule has 0 amide bonds. The van der Waals surface area contributed by atoms with E-state index in [9.17, 15) is 12.8 Å². The van der Waals surface area contributed by atoms with Crippen LogP contribution in [0.3, 0.4) is 0 Å². The van der Waals surface area contributed by atoms with Crippen molar-refractivity contribution >= 4 is 15.5 Å². The molecule has 34 heavy (non-hydrogen) atoms. The highest BCUT2D eigenvalue weighted by Crippen LogP contribution is 2.33. The highest BCUT2D eigenvalue weighted by Gasteiger charge is 2.32. The van der Waals surface area contributed by atoms with E-state index in [1.165, 1.54) is 24.6 Å². The monoisotopic (exact) mass is 489 g/mol. The van der Waals surface area contributed by atoms with Gasteiger partial charge in [0.2, 0.25) is 5.95 Å². The maximum Gasteiger partial charge on any atom is 0.213 e. The summed E-state index contributed by atoms with van der Waals surface area (Å²) in [4.78, 5) is 6.59. The lowest BCUT2D eigenvalue weighted by Gasteiger charge is -2.29. The van der Waals surface area contributed by atoms with Gasteiger partial charge in [0, 0.05) is 44.0 Å². The zero-order chi connectivity index (χ0) is 24.5.